The largest absolute Gasteiger partial charge is 0.376 e. The van der Waals surface area contributed by atoms with Gasteiger partial charge in [-0.05, 0) is 26.7 Å². The van der Waals surface area contributed by atoms with E-state index in [0.29, 0.717) is 12.2 Å². The topological polar surface area (TPSA) is 9.23 Å². The third-order valence-corrected chi connectivity index (χ3v) is 3.11. The molecule has 1 nitrogen and oxygen atoms in total. The van der Waals surface area contributed by atoms with E-state index >= 15 is 0 Å². The van der Waals surface area contributed by atoms with Gasteiger partial charge in [0.2, 0.25) is 0 Å². The second-order valence-corrected chi connectivity index (χ2v) is 4.70. The first-order valence-corrected chi connectivity index (χ1v) is 6.86. The Morgan fingerprint density at radius 2 is 1.00 bits per heavy atom. The molecule has 0 radical (unpaired) electrons. The third-order valence-electron chi connectivity index (χ3n) is 3.11. The van der Waals surface area contributed by atoms with Gasteiger partial charge in [0.1, 0.15) is 0 Å². The number of ether oxygens (including phenoxy) is 1. The molecule has 0 aromatic heterocycles. The molecule has 0 spiro atoms. The molecular weight excluding hydrogens is 184 g/mol. The van der Waals surface area contributed by atoms with Crippen LogP contribution in [-0.4, -0.2) is 12.2 Å². The fourth-order valence-electron chi connectivity index (χ4n) is 1.65. The van der Waals surface area contributed by atoms with Gasteiger partial charge < -0.3 is 4.74 Å². The molecule has 0 N–H and O–H groups in total. The van der Waals surface area contributed by atoms with Crippen molar-refractivity contribution in [3.8, 4) is 0 Å². The maximum Gasteiger partial charge on any atom is 0.0548 e. The van der Waals surface area contributed by atoms with Crippen molar-refractivity contribution in [3.63, 3.8) is 0 Å². The summed E-state index contributed by atoms with van der Waals surface area (Å²) in [5.41, 5.74) is 0. The van der Waals surface area contributed by atoms with Gasteiger partial charge in [0.05, 0.1) is 12.2 Å². The molecule has 0 aliphatic heterocycles. The maximum atomic E-state index is 5.55. The predicted octanol–water partition coefficient (Wildman–Crippen LogP) is 4.94. The Hall–Kier alpha value is -0.0400. The highest BCUT2D eigenvalue weighted by Crippen LogP contribution is 2.15. The molecule has 92 valence electrons. The van der Waals surface area contributed by atoms with E-state index in [1.807, 2.05) is 0 Å². The van der Waals surface area contributed by atoms with Gasteiger partial charge in [-0.15, -0.1) is 0 Å². The first kappa shape index (κ1) is 15.0. The normalized spacial score (nSPS) is 20.0. The minimum atomic E-state index is 0.431. The molecule has 2 unspecified atom stereocenters. The first-order valence-electron chi connectivity index (χ1n) is 6.86. The molecule has 15 heavy (non-hydrogen) atoms. The fraction of sp³-hybridized carbons (Fsp3) is 1.00. The minimum absolute atomic E-state index is 0.431. The van der Waals surface area contributed by atoms with E-state index < -0.39 is 0 Å². The molecule has 0 saturated heterocycles. The van der Waals surface area contributed by atoms with Crippen molar-refractivity contribution >= 4 is 0 Å². The summed E-state index contributed by atoms with van der Waals surface area (Å²) in [7, 11) is 0. The molecule has 0 bridgehead atoms. The van der Waals surface area contributed by atoms with Crippen LogP contribution in [0.25, 0.3) is 0 Å². The highest BCUT2D eigenvalue weighted by molar-refractivity contribution is 4.51. The van der Waals surface area contributed by atoms with Gasteiger partial charge in [0, 0.05) is 0 Å². The third kappa shape index (κ3) is 10.2. The Balaban J connectivity index is 0.000000280. The average molecular weight is 214 g/mol. The van der Waals surface area contributed by atoms with Gasteiger partial charge in [-0.2, -0.15) is 0 Å². The molecule has 2 atom stereocenters. The minimum Gasteiger partial charge on any atom is -0.376 e. The second kappa shape index (κ2) is 10.5. The van der Waals surface area contributed by atoms with E-state index in [4.69, 9.17) is 4.74 Å². The van der Waals surface area contributed by atoms with Gasteiger partial charge in [-0.25, -0.2) is 0 Å². The molecule has 1 rings (SSSR count). The lowest BCUT2D eigenvalue weighted by Gasteiger charge is -2.15. The zero-order valence-corrected chi connectivity index (χ0v) is 11.2. The summed E-state index contributed by atoms with van der Waals surface area (Å²) in [6, 6.07) is 0. The molecule has 0 aromatic carbocycles. The van der Waals surface area contributed by atoms with E-state index in [-0.39, 0.29) is 0 Å². The molecule has 1 heteroatoms. The van der Waals surface area contributed by atoms with Gasteiger partial charge >= 0.3 is 0 Å². The highest BCUT2D eigenvalue weighted by Gasteiger charge is 2.02. The van der Waals surface area contributed by atoms with Crippen molar-refractivity contribution < 1.29 is 4.74 Å². The van der Waals surface area contributed by atoms with Crippen LogP contribution in [0.5, 0.6) is 0 Å². The molecule has 0 amide bonds. The molecule has 0 heterocycles. The van der Waals surface area contributed by atoms with E-state index in [9.17, 15) is 0 Å². The smallest absolute Gasteiger partial charge is 0.0548 e. The number of hydrogen-bond donors (Lipinski definition) is 0. The monoisotopic (exact) mass is 214 g/mol. The quantitative estimate of drug-likeness (QED) is 0.644. The summed E-state index contributed by atoms with van der Waals surface area (Å²) < 4.78 is 5.55. The molecule has 1 fully saturated rings. The van der Waals surface area contributed by atoms with Crippen molar-refractivity contribution in [3.05, 3.63) is 0 Å². The molecule has 1 aliphatic rings. The van der Waals surface area contributed by atoms with E-state index in [1.165, 1.54) is 38.5 Å². The standard InChI is InChI=1S/C8H18O.C6H12/c1-5-7(3)9-8(4)6-2;1-2-4-6-5-3-1/h7-8H,5-6H2,1-4H3;1-6H2. The van der Waals surface area contributed by atoms with Crippen LogP contribution >= 0.6 is 0 Å². The lowest BCUT2D eigenvalue weighted by atomic mass is 10.0. The molecule has 1 aliphatic carbocycles. The van der Waals surface area contributed by atoms with Gasteiger partial charge in [-0.1, -0.05) is 52.4 Å². The Labute approximate surface area is 96.6 Å². The molecule has 1 saturated carbocycles. The lowest BCUT2D eigenvalue weighted by molar-refractivity contribution is 0.00511. The van der Waals surface area contributed by atoms with Crippen LogP contribution in [0.1, 0.15) is 79.1 Å². The van der Waals surface area contributed by atoms with Crippen LogP contribution in [0.2, 0.25) is 0 Å². The predicted molar refractivity (Wildman–Crippen MR) is 68.3 cm³/mol. The highest BCUT2D eigenvalue weighted by atomic mass is 16.5. The summed E-state index contributed by atoms with van der Waals surface area (Å²) in [4.78, 5) is 0. The number of rotatable bonds is 4. The zero-order valence-electron chi connectivity index (χ0n) is 11.2. The van der Waals surface area contributed by atoms with Gasteiger partial charge in [0.15, 0.2) is 0 Å². The maximum absolute atomic E-state index is 5.55. The van der Waals surface area contributed by atoms with Crippen molar-refractivity contribution in [2.45, 2.75) is 91.3 Å². The van der Waals surface area contributed by atoms with Crippen LogP contribution in [0.15, 0.2) is 0 Å². The van der Waals surface area contributed by atoms with Gasteiger partial charge in [-0.3, -0.25) is 0 Å². The summed E-state index contributed by atoms with van der Waals surface area (Å²) in [6.45, 7) is 8.53. The SMILES string of the molecule is C1CCCCC1.CCC(C)OC(C)CC. The lowest BCUT2D eigenvalue weighted by Crippen LogP contribution is -2.14. The average Bonchev–Trinajstić information content (AvgIpc) is 2.31. The van der Waals surface area contributed by atoms with Crippen LogP contribution in [0, 0.1) is 0 Å². The van der Waals surface area contributed by atoms with Crippen molar-refractivity contribution in [1.82, 2.24) is 0 Å². The summed E-state index contributed by atoms with van der Waals surface area (Å²) in [5, 5.41) is 0. The van der Waals surface area contributed by atoms with Crippen LogP contribution in [0.4, 0.5) is 0 Å². The second-order valence-electron chi connectivity index (χ2n) is 4.70. The Morgan fingerprint density at radius 1 is 0.733 bits per heavy atom. The van der Waals surface area contributed by atoms with Gasteiger partial charge in [0.25, 0.3) is 0 Å². The van der Waals surface area contributed by atoms with Crippen LogP contribution in [0.3, 0.4) is 0 Å². The van der Waals surface area contributed by atoms with E-state index in [2.05, 4.69) is 27.7 Å². The first-order chi connectivity index (χ1) is 7.20. The Kier molecular flexibility index (Phi) is 10.4. The van der Waals surface area contributed by atoms with E-state index in [0.717, 1.165) is 12.8 Å². The van der Waals surface area contributed by atoms with Crippen LogP contribution in [-0.2, 0) is 4.74 Å². The summed E-state index contributed by atoms with van der Waals surface area (Å²) >= 11 is 0. The summed E-state index contributed by atoms with van der Waals surface area (Å²) in [6.07, 6.45) is 12.1. The summed E-state index contributed by atoms with van der Waals surface area (Å²) in [5.74, 6) is 0. The molecule has 0 aromatic rings. The van der Waals surface area contributed by atoms with Crippen LogP contribution < -0.4 is 0 Å². The van der Waals surface area contributed by atoms with E-state index in [1.54, 1.807) is 0 Å². The fourth-order valence-corrected chi connectivity index (χ4v) is 1.65. The number of hydrogen-bond acceptors (Lipinski definition) is 1. The molecular formula is C14H30O. The zero-order chi connectivity index (χ0) is 11.5. The van der Waals surface area contributed by atoms with Crippen molar-refractivity contribution in [2.75, 3.05) is 0 Å². The van der Waals surface area contributed by atoms with Crippen molar-refractivity contribution in [1.29, 1.82) is 0 Å². The Morgan fingerprint density at radius 3 is 1.20 bits per heavy atom. The Bertz CT molecular complexity index is 99.0. The van der Waals surface area contributed by atoms with Crippen molar-refractivity contribution in [2.24, 2.45) is 0 Å².